The summed E-state index contributed by atoms with van der Waals surface area (Å²) in [6, 6.07) is 20.1. The lowest BCUT2D eigenvalue weighted by molar-refractivity contribution is -0.112. The highest BCUT2D eigenvalue weighted by Gasteiger charge is 2.24. The minimum atomic E-state index is -0.662. The number of thiophene rings is 1. The van der Waals surface area contributed by atoms with Crippen molar-refractivity contribution in [3.63, 3.8) is 0 Å². The van der Waals surface area contributed by atoms with E-state index in [0.29, 0.717) is 27.1 Å². The Kier molecular flexibility index (Phi) is 7.69. The number of ether oxygens (including phenoxy) is 1. The number of anilines is 1. The Morgan fingerprint density at radius 2 is 1.78 bits per heavy atom. The zero-order valence-corrected chi connectivity index (χ0v) is 21.1. The largest absolute Gasteiger partial charge is 0.462 e. The first kappa shape index (κ1) is 25.0. The van der Waals surface area contributed by atoms with Gasteiger partial charge in [0.1, 0.15) is 33.7 Å². The summed E-state index contributed by atoms with van der Waals surface area (Å²) < 4.78 is 11.0. The molecule has 0 aliphatic rings. The molecule has 2 aromatic carbocycles. The van der Waals surface area contributed by atoms with Gasteiger partial charge in [0.05, 0.1) is 6.61 Å². The van der Waals surface area contributed by atoms with Crippen LogP contribution in [0.3, 0.4) is 0 Å². The van der Waals surface area contributed by atoms with Crippen LogP contribution in [0.25, 0.3) is 28.5 Å². The van der Waals surface area contributed by atoms with Crippen molar-refractivity contribution in [2.24, 2.45) is 0 Å². The molecule has 0 bridgehead atoms. The molecular weight excluding hydrogens is 496 g/mol. The highest BCUT2D eigenvalue weighted by Crippen LogP contribution is 2.36. The Labute approximate surface area is 217 Å². The third-order valence-corrected chi connectivity index (χ3v) is 6.41. The monoisotopic (exact) mass is 516 g/mol. The van der Waals surface area contributed by atoms with E-state index >= 15 is 0 Å². The van der Waals surface area contributed by atoms with Crippen LogP contribution >= 0.6 is 22.9 Å². The van der Waals surface area contributed by atoms with Crippen molar-refractivity contribution in [3.8, 4) is 28.5 Å². The van der Waals surface area contributed by atoms with Crippen molar-refractivity contribution in [2.75, 3.05) is 11.9 Å². The molecule has 0 radical (unpaired) electrons. The van der Waals surface area contributed by atoms with Gasteiger partial charge in [0.15, 0.2) is 0 Å². The average molecular weight is 517 g/mol. The van der Waals surface area contributed by atoms with Crippen LogP contribution in [0.1, 0.15) is 28.6 Å². The molecule has 0 saturated carbocycles. The van der Waals surface area contributed by atoms with Crippen molar-refractivity contribution in [3.05, 3.63) is 93.5 Å². The molecule has 4 aromatic rings. The van der Waals surface area contributed by atoms with E-state index in [1.54, 1.807) is 36.6 Å². The number of hydrogen-bond acceptors (Lipinski definition) is 6. The van der Waals surface area contributed by atoms with E-state index in [1.807, 2.05) is 49.4 Å². The van der Waals surface area contributed by atoms with E-state index < -0.39 is 11.9 Å². The number of nitriles is 1. The van der Waals surface area contributed by atoms with Gasteiger partial charge in [-0.1, -0.05) is 41.4 Å². The summed E-state index contributed by atoms with van der Waals surface area (Å²) in [7, 11) is 0. The van der Waals surface area contributed by atoms with Crippen LogP contribution in [-0.4, -0.2) is 18.5 Å². The topological polar surface area (TPSA) is 92.3 Å². The van der Waals surface area contributed by atoms with E-state index in [4.69, 9.17) is 20.8 Å². The number of aryl methyl sites for hydroxylation is 1. The van der Waals surface area contributed by atoms with Gasteiger partial charge in [-0.25, -0.2) is 4.79 Å². The number of rotatable bonds is 7. The molecule has 4 rings (SSSR count). The van der Waals surface area contributed by atoms with Crippen LogP contribution < -0.4 is 5.32 Å². The first-order valence-corrected chi connectivity index (χ1v) is 12.3. The Bertz CT molecular complexity index is 1480. The van der Waals surface area contributed by atoms with Crippen molar-refractivity contribution in [1.82, 2.24) is 0 Å². The van der Waals surface area contributed by atoms with Crippen LogP contribution in [0, 0.1) is 18.3 Å². The second-order valence-corrected chi connectivity index (χ2v) is 9.09. The number of amides is 1. The molecular formula is C28H21ClN2O4S. The summed E-state index contributed by atoms with van der Waals surface area (Å²) >= 11 is 7.13. The van der Waals surface area contributed by atoms with Gasteiger partial charge < -0.3 is 14.5 Å². The van der Waals surface area contributed by atoms with Gasteiger partial charge in [-0.3, -0.25) is 4.79 Å². The summed E-state index contributed by atoms with van der Waals surface area (Å²) in [6.07, 6.45) is 1.35. The molecule has 0 saturated heterocycles. The number of hydrogen-bond donors (Lipinski definition) is 1. The molecule has 2 heterocycles. The molecule has 36 heavy (non-hydrogen) atoms. The van der Waals surface area contributed by atoms with Gasteiger partial charge in [0.25, 0.3) is 5.91 Å². The zero-order valence-electron chi connectivity index (χ0n) is 19.5. The molecule has 8 heteroatoms. The zero-order chi connectivity index (χ0) is 25.7. The van der Waals surface area contributed by atoms with Gasteiger partial charge in [-0.2, -0.15) is 5.26 Å². The lowest BCUT2D eigenvalue weighted by atomic mass is 10.0. The number of furan rings is 1. The maximum atomic E-state index is 13.0. The third-order valence-electron chi connectivity index (χ3n) is 5.27. The normalized spacial score (nSPS) is 11.1. The van der Waals surface area contributed by atoms with Gasteiger partial charge in [0.2, 0.25) is 0 Å². The van der Waals surface area contributed by atoms with Gasteiger partial charge in [-0.15, -0.1) is 11.3 Å². The van der Waals surface area contributed by atoms with E-state index in [2.05, 4.69) is 5.32 Å². The van der Waals surface area contributed by atoms with Crippen molar-refractivity contribution >= 4 is 45.9 Å². The molecule has 0 atom stereocenters. The fraction of sp³-hybridized carbons (Fsp3) is 0.107. The molecule has 0 aliphatic heterocycles. The fourth-order valence-electron chi connectivity index (χ4n) is 3.46. The Hall–Kier alpha value is -4.12. The van der Waals surface area contributed by atoms with Gasteiger partial charge >= 0.3 is 5.97 Å². The summed E-state index contributed by atoms with van der Waals surface area (Å²) in [4.78, 5) is 25.8. The van der Waals surface area contributed by atoms with E-state index in [9.17, 15) is 14.9 Å². The first-order valence-electron chi connectivity index (χ1n) is 11.0. The third kappa shape index (κ3) is 5.57. The maximum Gasteiger partial charge on any atom is 0.341 e. The minimum absolute atomic E-state index is 0.174. The molecule has 180 valence electrons. The summed E-state index contributed by atoms with van der Waals surface area (Å²) in [5, 5.41) is 15.0. The first-order chi connectivity index (χ1) is 17.4. The lowest BCUT2D eigenvalue weighted by Crippen LogP contribution is -2.16. The van der Waals surface area contributed by atoms with E-state index in [-0.39, 0.29) is 17.7 Å². The van der Waals surface area contributed by atoms with E-state index in [0.717, 1.165) is 16.7 Å². The predicted octanol–water partition coefficient (Wildman–Crippen LogP) is 7.36. The molecule has 6 nitrogen and oxygen atoms in total. The molecule has 1 amide bonds. The molecule has 2 aromatic heterocycles. The van der Waals surface area contributed by atoms with Crippen LogP contribution in [0.5, 0.6) is 0 Å². The van der Waals surface area contributed by atoms with Crippen molar-refractivity contribution in [1.29, 1.82) is 5.26 Å². The number of nitrogens with one attached hydrogen (secondary N) is 1. The Morgan fingerprint density at radius 3 is 2.44 bits per heavy atom. The average Bonchev–Trinajstić information content (AvgIpc) is 3.51. The van der Waals surface area contributed by atoms with Crippen molar-refractivity contribution in [2.45, 2.75) is 13.8 Å². The maximum absolute atomic E-state index is 13.0. The lowest BCUT2D eigenvalue weighted by Gasteiger charge is -2.09. The van der Waals surface area contributed by atoms with Crippen LogP contribution in [0.4, 0.5) is 5.00 Å². The highest BCUT2D eigenvalue weighted by atomic mass is 35.5. The molecule has 0 unspecified atom stereocenters. The van der Waals surface area contributed by atoms with Crippen LogP contribution in [0.2, 0.25) is 5.02 Å². The fourth-order valence-corrected chi connectivity index (χ4v) is 4.54. The van der Waals surface area contributed by atoms with Crippen LogP contribution in [0.15, 0.2) is 76.0 Å². The second-order valence-electron chi connectivity index (χ2n) is 7.77. The van der Waals surface area contributed by atoms with Crippen molar-refractivity contribution < 1.29 is 18.7 Å². The second kappa shape index (κ2) is 11.1. The quantitative estimate of drug-likeness (QED) is 0.157. The minimum Gasteiger partial charge on any atom is -0.462 e. The Morgan fingerprint density at radius 1 is 1.08 bits per heavy atom. The summed E-state index contributed by atoms with van der Waals surface area (Å²) in [5.74, 6) is -0.305. The van der Waals surface area contributed by atoms with Gasteiger partial charge in [0, 0.05) is 27.6 Å². The molecule has 1 N–H and O–H groups in total. The molecule has 0 fully saturated rings. The number of benzene rings is 2. The number of esters is 1. The predicted molar refractivity (Wildman–Crippen MR) is 142 cm³/mol. The molecule has 0 spiro atoms. The van der Waals surface area contributed by atoms with Gasteiger partial charge in [-0.05, 0) is 55.8 Å². The summed E-state index contributed by atoms with van der Waals surface area (Å²) in [6.45, 7) is 3.88. The SMILES string of the molecule is CCOC(=O)c1c(-c2ccc(C)cc2)csc1NC(=O)/C(C#N)=C/c1ccc(-c2ccc(Cl)cc2)o1. The number of carbonyl (C=O) groups excluding carboxylic acids is 2. The van der Waals surface area contributed by atoms with Crippen LogP contribution in [-0.2, 0) is 9.53 Å². The summed E-state index contributed by atoms with van der Waals surface area (Å²) in [5.41, 5.74) is 3.44. The highest BCUT2D eigenvalue weighted by molar-refractivity contribution is 7.15. The standard InChI is InChI=1S/C28H21ClN2O4S/c1-3-34-28(33)25-23(18-6-4-17(2)5-7-18)16-36-27(25)31-26(32)20(15-30)14-22-12-13-24(35-22)19-8-10-21(29)11-9-19/h4-14,16H,3H2,1-2H3,(H,31,32)/b20-14+. The Balaban J connectivity index is 1.61. The molecule has 0 aliphatic carbocycles. The number of halogens is 1. The number of nitrogens with zero attached hydrogens (tertiary/aromatic N) is 1. The smallest absolute Gasteiger partial charge is 0.341 e. The van der Waals surface area contributed by atoms with E-state index in [1.165, 1.54) is 17.4 Å². The number of carbonyl (C=O) groups is 2.